The highest BCUT2D eigenvalue weighted by atomic mass is 19.4. The smallest absolute Gasteiger partial charge is 0.446 e. The number of rotatable bonds is 8. The third kappa shape index (κ3) is 9.95. The molecule has 0 atom stereocenters. The van der Waals surface area contributed by atoms with E-state index in [1.165, 1.54) is 6.08 Å². The second-order valence-corrected chi connectivity index (χ2v) is 8.69. The highest BCUT2D eigenvalue weighted by Crippen LogP contribution is 2.32. The first kappa shape index (κ1) is 31.1. The molecule has 0 radical (unpaired) electrons. The van der Waals surface area contributed by atoms with Crippen LogP contribution in [0.4, 0.5) is 19.0 Å². The third-order valence-corrected chi connectivity index (χ3v) is 5.52. The van der Waals surface area contributed by atoms with E-state index in [9.17, 15) is 22.8 Å². The van der Waals surface area contributed by atoms with Crippen LogP contribution in [0.15, 0.2) is 36.5 Å². The molecule has 2 heterocycles. The summed E-state index contributed by atoms with van der Waals surface area (Å²) in [5.41, 5.74) is 2.60. The van der Waals surface area contributed by atoms with Crippen LogP contribution in [0, 0.1) is 0 Å². The van der Waals surface area contributed by atoms with E-state index in [0.29, 0.717) is 44.2 Å². The van der Waals surface area contributed by atoms with Crippen LogP contribution in [0.25, 0.3) is 6.08 Å². The van der Waals surface area contributed by atoms with Crippen molar-refractivity contribution in [3.63, 3.8) is 0 Å². The lowest BCUT2D eigenvalue weighted by atomic mass is 10.1. The van der Waals surface area contributed by atoms with E-state index in [2.05, 4.69) is 10.3 Å². The van der Waals surface area contributed by atoms with Crippen LogP contribution in [0.1, 0.15) is 36.5 Å². The minimum atomic E-state index is -4.64. The largest absolute Gasteiger partial charge is 0.493 e. The average Bonchev–Trinajstić information content (AvgIpc) is 2.90. The monoisotopic (exact) mass is 550 g/mol. The Hall–Kier alpha value is -4.09. The van der Waals surface area contributed by atoms with Gasteiger partial charge in [0, 0.05) is 63.6 Å². The number of halogens is 3. The van der Waals surface area contributed by atoms with Gasteiger partial charge in [-0.15, -0.1) is 0 Å². The van der Waals surface area contributed by atoms with Crippen LogP contribution >= 0.6 is 0 Å². The molecule has 39 heavy (non-hydrogen) atoms. The molecule has 0 bridgehead atoms. The number of anilines is 1. The highest BCUT2D eigenvalue weighted by Gasteiger charge is 2.25. The summed E-state index contributed by atoms with van der Waals surface area (Å²) >= 11 is 0. The summed E-state index contributed by atoms with van der Waals surface area (Å²) in [5.74, 6) is 2.04. The van der Waals surface area contributed by atoms with Gasteiger partial charge in [-0.05, 0) is 30.2 Å². The fourth-order valence-electron chi connectivity index (χ4n) is 3.56. The maximum atomic E-state index is 12.8. The number of amides is 2. The summed E-state index contributed by atoms with van der Waals surface area (Å²) in [6.45, 7) is 4.03. The number of alkyl halides is 3. The van der Waals surface area contributed by atoms with E-state index in [-0.39, 0.29) is 11.8 Å². The Morgan fingerprint density at radius 3 is 2.67 bits per heavy atom. The number of hydrogen-bond acceptors (Lipinski definition) is 7. The molecule has 0 saturated carbocycles. The number of hydrogen-bond donors (Lipinski definition) is 1. The summed E-state index contributed by atoms with van der Waals surface area (Å²) in [7, 11) is 5.14. The molecule has 0 unspecified atom stereocenters. The molecule has 0 fully saturated rings. The Bertz CT molecular complexity index is 1170. The molecule has 0 saturated heterocycles. The highest BCUT2D eigenvalue weighted by molar-refractivity contribution is 5.91. The molecule has 0 spiro atoms. The molecule has 12 heteroatoms. The summed E-state index contributed by atoms with van der Waals surface area (Å²) in [5, 5.41) is 3.20. The third-order valence-electron chi connectivity index (χ3n) is 5.52. The molecular formula is C27H33F3N4O5. The summed E-state index contributed by atoms with van der Waals surface area (Å²) < 4.78 is 42.6. The van der Waals surface area contributed by atoms with Crippen LogP contribution < -0.4 is 14.8 Å². The van der Waals surface area contributed by atoms with Gasteiger partial charge in [0.15, 0.2) is 11.5 Å². The summed E-state index contributed by atoms with van der Waals surface area (Å²) in [6.07, 6.45) is 0.612. The molecule has 2 amide bonds. The first-order valence-electron chi connectivity index (χ1n) is 12.2. The quantitative estimate of drug-likeness (QED) is 0.391. The van der Waals surface area contributed by atoms with Crippen molar-refractivity contribution < 1.29 is 37.0 Å². The molecule has 3 rings (SSSR count). The fraction of sp³-hybridized carbons (Fsp3) is 0.407. The summed E-state index contributed by atoms with van der Waals surface area (Å²) in [6, 6.07) is 7.63. The van der Waals surface area contributed by atoms with E-state index >= 15 is 0 Å². The number of aromatic nitrogens is 1. The first-order valence-corrected chi connectivity index (χ1v) is 12.2. The van der Waals surface area contributed by atoms with Crippen molar-refractivity contribution >= 4 is 30.0 Å². The van der Waals surface area contributed by atoms with Crippen molar-refractivity contribution in [1.82, 2.24) is 14.8 Å². The molecule has 1 N–H and O–H groups in total. The predicted octanol–water partition coefficient (Wildman–Crippen LogP) is 4.07. The number of methoxy groups -OCH3 is 1. The molecule has 1 aliphatic rings. The van der Waals surface area contributed by atoms with E-state index in [0.717, 1.165) is 28.9 Å². The van der Waals surface area contributed by atoms with Crippen LogP contribution in [0.2, 0.25) is 0 Å². The Morgan fingerprint density at radius 1 is 1.31 bits per heavy atom. The Balaban J connectivity index is 0.000000798. The van der Waals surface area contributed by atoms with E-state index in [1.54, 1.807) is 43.3 Å². The molecule has 9 nitrogen and oxygen atoms in total. The van der Waals surface area contributed by atoms with Crippen molar-refractivity contribution in [2.45, 2.75) is 39.0 Å². The van der Waals surface area contributed by atoms with Gasteiger partial charge < -0.3 is 24.6 Å². The molecule has 0 aliphatic carbocycles. The lowest BCUT2D eigenvalue weighted by molar-refractivity contribution is -0.156. The van der Waals surface area contributed by atoms with Gasteiger partial charge in [0.25, 0.3) is 0 Å². The van der Waals surface area contributed by atoms with E-state index in [4.69, 9.17) is 14.3 Å². The SMILES string of the molecule is CCCOc1c(CN(C)C(=O)/C=C/c2cnc3c(c2)CN(C)C(=O)CCN3)cccc1OC.O=CC(F)(F)F. The lowest BCUT2D eigenvalue weighted by Gasteiger charge is -2.23. The lowest BCUT2D eigenvalue weighted by Crippen LogP contribution is -2.30. The van der Waals surface area contributed by atoms with E-state index < -0.39 is 12.5 Å². The molecule has 1 aromatic heterocycles. The number of carbonyl (C=O) groups excluding carboxylic acids is 3. The average molecular weight is 551 g/mol. The number of fused-ring (bicyclic) bond motifs is 1. The summed E-state index contributed by atoms with van der Waals surface area (Å²) in [4.78, 5) is 41.3. The first-order chi connectivity index (χ1) is 18.5. The van der Waals surface area contributed by atoms with E-state index in [1.807, 2.05) is 31.2 Å². The van der Waals surface area contributed by atoms with Crippen LogP contribution in [-0.2, 0) is 27.5 Å². The standard InChI is InChI=1S/C25H32N4O4.C2HF3O/c1-5-13-33-24-19(7-6-8-21(24)32-4)16-28(2)22(30)10-9-18-14-20-17-29(3)23(31)11-12-26-25(20)27-15-18;3-2(4,5)1-6/h6-10,14-15H,5,11-13,16-17H2,1-4H3,(H,26,27);1H/b10-9+;. The normalized spacial score (nSPS) is 13.3. The Labute approximate surface area is 225 Å². The Morgan fingerprint density at radius 2 is 2.03 bits per heavy atom. The van der Waals surface area contributed by atoms with Gasteiger partial charge in [0.2, 0.25) is 18.1 Å². The van der Waals surface area contributed by atoms with Crippen molar-refractivity contribution in [3.05, 3.63) is 53.2 Å². The second kappa shape index (κ2) is 14.7. The number of nitrogens with zero attached hydrogens (tertiary/aromatic N) is 3. The molecule has 1 aromatic carbocycles. The van der Waals surface area contributed by atoms with Crippen LogP contribution in [0.3, 0.4) is 0 Å². The fourth-order valence-corrected chi connectivity index (χ4v) is 3.56. The van der Waals surface area contributed by atoms with Crippen LogP contribution in [-0.4, -0.2) is 73.4 Å². The Kier molecular flexibility index (Phi) is 11.8. The van der Waals surface area contributed by atoms with Gasteiger partial charge in [-0.1, -0.05) is 19.1 Å². The van der Waals surface area contributed by atoms with Crippen molar-refractivity contribution in [3.8, 4) is 11.5 Å². The van der Waals surface area contributed by atoms with Gasteiger partial charge in [0.05, 0.1) is 13.7 Å². The second-order valence-electron chi connectivity index (χ2n) is 8.69. The van der Waals surface area contributed by atoms with Gasteiger partial charge in [-0.2, -0.15) is 13.2 Å². The molecule has 2 aromatic rings. The topological polar surface area (TPSA) is 101 Å². The number of carbonyl (C=O) groups is 3. The molecular weight excluding hydrogens is 517 g/mol. The minimum absolute atomic E-state index is 0.0886. The van der Waals surface area contributed by atoms with Gasteiger partial charge in [0.1, 0.15) is 5.82 Å². The van der Waals surface area contributed by atoms with Gasteiger partial charge >= 0.3 is 6.18 Å². The van der Waals surface area contributed by atoms with Crippen LogP contribution in [0.5, 0.6) is 11.5 Å². The number of aldehydes is 1. The number of para-hydroxylation sites is 1. The predicted molar refractivity (Wildman–Crippen MR) is 140 cm³/mol. The number of pyridine rings is 1. The zero-order valence-electron chi connectivity index (χ0n) is 22.4. The zero-order valence-corrected chi connectivity index (χ0v) is 22.4. The zero-order chi connectivity index (χ0) is 29.0. The maximum absolute atomic E-state index is 12.8. The minimum Gasteiger partial charge on any atom is -0.493 e. The van der Waals surface area contributed by atoms with Gasteiger partial charge in [-0.3, -0.25) is 14.4 Å². The number of likely N-dealkylation sites (N-methyl/N-ethyl adjacent to an activating group) is 1. The van der Waals surface area contributed by atoms with Crippen molar-refractivity contribution in [2.24, 2.45) is 0 Å². The van der Waals surface area contributed by atoms with Crippen molar-refractivity contribution in [2.75, 3.05) is 39.7 Å². The maximum Gasteiger partial charge on any atom is 0.446 e. The van der Waals surface area contributed by atoms with Crippen molar-refractivity contribution in [1.29, 1.82) is 0 Å². The molecule has 1 aliphatic heterocycles. The number of ether oxygens (including phenoxy) is 2. The molecule has 212 valence electrons. The number of benzene rings is 1. The van der Waals surface area contributed by atoms with Gasteiger partial charge in [-0.25, -0.2) is 4.98 Å². The number of nitrogens with one attached hydrogen (secondary N) is 1.